The molecule has 0 fully saturated rings. The molecule has 2 aromatic rings. The Kier molecular flexibility index (Phi) is 4.47. The largest absolute Gasteiger partial charge is 0.494 e. The van der Waals surface area contributed by atoms with E-state index in [9.17, 15) is 8.78 Å². The Balaban J connectivity index is 1.95. The first-order valence-electron chi connectivity index (χ1n) is 7.50. The summed E-state index contributed by atoms with van der Waals surface area (Å²) < 4.78 is 32.8. The number of nitrogens with zero attached hydrogens (tertiary/aromatic N) is 1. The van der Waals surface area contributed by atoms with Crippen LogP contribution in [0.2, 0.25) is 0 Å². The standard InChI is InChI=1S/C18H16F2N4O/c1-25-16-7-2-4-11-15(23-18(22)24-17(11)16)9-10(21)8-12-13(19)5-3-6-14(12)20/h2-7,9,21H,8H2,1H3,(H3,22,23,24)/b15-9-,21-10?. The number of methoxy groups -OCH3 is 1. The van der Waals surface area contributed by atoms with E-state index in [0.717, 1.165) is 0 Å². The van der Waals surface area contributed by atoms with Gasteiger partial charge in [-0.05, 0) is 24.3 Å². The van der Waals surface area contributed by atoms with Crippen LogP contribution in [0.15, 0.2) is 47.5 Å². The summed E-state index contributed by atoms with van der Waals surface area (Å²) in [5, 5.41) is 11.0. The first kappa shape index (κ1) is 16.6. The Bertz CT molecular complexity index is 886. The van der Waals surface area contributed by atoms with E-state index in [2.05, 4.69) is 10.3 Å². The number of benzene rings is 2. The van der Waals surface area contributed by atoms with Crippen molar-refractivity contribution in [2.24, 2.45) is 10.7 Å². The molecule has 0 atom stereocenters. The van der Waals surface area contributed by atoms with E-state index in [1.807, 2.05) is 0 Å². The Hall–Kier alpha value is -3.22. The average Bonchev–Trinajstić information content (AvgIpc) is 2.57. The molecular formula is C18H16F2N4O. The minimum atomic E-state index is -0.678. The van der Waals surface area contributed by atoms with Gasteiger partial charge in [0.25, 0.3) is 0 Å². The van der Waals surface area contributed by atoms with Gasteiger partial charge in [0.05, 0.1) is 12.8 Å². The van der Waals surface area contributed by atoms with Gasteiger partial charge in [0, 0.05) is 23.3 Å². The zero-order chi connectivity index (χ0) is 18.0. The molecule has 0 radical (unpaired) electrons. The molecule has 7 heteroatoms. The molecule has 0 aromatic heterocycles. The number of hydrogen-bond acceptors (Lipinski definition) is 5. The molecule has 25 heavy (non-hydrogen) atoms. The van der Waals surface area contributed by atoms with Crippen molar-refractivity contribution in [2.45, 2.75) is 6.42 Å². The van der Waals surface area contributed by atoms with Crippen molar-refractivity contribution in [1.29, 1.82) is 5.41 Å². The minimum absolute atomic E-state index is 0.0231. The molecular weight excluding hydrogens is 326 g/mol. The molecule has 0 aliphatic carbocycles. The van der Waals surface area contributed by atoms with E-state index in [-0.39, 0.29) is 23.7 Å². The van der Waals surface area contributed by atoms with Gasteiger partial charge in [-0.15, -0.1) is 0 Å². The molecule has 2 aromatic carbocycles. The Labute approximate surface area is 143 Å². The van der Waals surface area contributed by atoms with E-state index in [0.29, 0.717) is 22.7 Å². The lowest BCUT2D eigenvalue weighted by Gasteiger charge is -2.20. The second kappa shape index (κ2) is 6.72. The summed E-state index contributed by atoms with van der Waals surface area (Å²) in [4.78, 5) is 4.21. The quantitative estimate of drug-likeness (QED) is 0.747. The lowest BCUT2D eigenvalue weighted by atomic mass is 10.0. The summed E-state index contributed by atoms with van der Waals surface area (Å²) in [6.07, 6.45) is 1.30. The van der Waals surface area contributed by atoms with Gasteiger partial charge in [-0.2, -0.15) is 0 Å². The van der Waals surface area contributed by atoms with E-state index in [4.69, 9.17) is 15.9 Å². The van der Waals surface area contributed by atoms with Gasteiger partial charge in [-0.1, -0.05) is 18.2 Å². The maximum atomic E-state index is 13.8. The highest BCUT2D eigenvalue weighted by atomic mass is 19.1. The normalized spacial score (nSPS) is 14.5. The number of aliphatic imine (C=N–C) groups is 1. The molecule has 0 bridgehead atoms. The molecule has 0 amide bonds. The number of hydrogen-bond donors (Lipinski definition) is 3. The third kappa shape index (κ3) is 3.35. The molecule has 1 heterocycles. The number of nitrogens with one attached hydrogen (secondary N) is 2. The van der Waals surface area contributed by atoms with E-state index in [1.165, 1.54) is 31.4 Å². The molecule has 0 spiro atoms. The monoisotopic (exact) mass is 342 g/mol. The predicted octanol–water partition coefficient (Wildman–Crippen LogP) is 3.13. The third-order valence-electron chi connectivity index (χ3n) is 3.75. The first-order valence-corrected chi connectivity index (χ1v) is 7.50. The highest BCUT2D eigenvalue weighted by Crippen LogP contribution is 2.36. The Morgan fingerprint density at radius 3 is 2.60 bits per heavy atom. The van der Waals surface area contributed by atoms with Crippen LogP contribution in [0.3, 0.4) is 0 Å². The highest BCUT2D eigenvalue weighted by Gasteiger charge is 2.19. The highest BCUT2D eigenvalue weighted by molar-refractivity contribution is 6.05. The number of nitrogens with two attached hydrogens (primary N) is 1. The van der Waals surface area contributed by atoms with Crippen LogP contribution in [0.25, 0.3) is 5.70 Å². The van der Waals surface area contributed by atoms with Gasteiger partial charge in [0.1, 0.15) is 23.1 Å². The van der Waals surface area contributed by atoms with Crippen LogP contribution < -0.4 is 15.8 Å². The molecule has 1 aliphatic heterocycles. The number of allylic oxidation sites excluding steroid dienone is 1. The van der Waals surface area contributed by atoms with Crippen LogP contribution in [-0.2, 0) is 6.42 Å². The van der Waals surface area contributed by atoms with Crippen molar-refractivity contribution in [2.75, 3.05) is 7.11 Å². The summed E-state index contributed by atoms with van der Waals surface area (Å²) in [6.45, 7) is 0. The summed E-state index contributed by atoms with van der Waals surface area (Å²) in [7, 11) is 1.52. The maximum Gasteiger partial charge on any atom is 0.198 e. The number of ether oxygens (including phenoxy) is 1. The SMILES string of the molecule is COc1cccc2c1N=C(N)N/C2=C\C(=N)Cc1c(F)cccc1F. The number of rotatable bonds is 4. The fraction of sp³-hybridized carbons (Fsp3) is 0.111. The number of para-hydroxylation sites is 1. The summed E-state index contributed by atoms with van der Waals surface area (Å²) in [6, 6.07) is 8.95. The third-order valence-corrected chi connectivity index (χ3v) is 3.75. The van der Waals surface area contributed by atoms with Crippen molar-refractivity contribution in [1.82, 2.24) is 5.32 Å². The zero-order valence-electron chi connectivity index (χ0n) is 13.4. The molecule has 0 saturated carbocycles. The van der Waals surface area contributed by atoms with Gasteiger partial charge in [-0.3, -0.25) is 0 Å². The van der Waals surface area contributed by atoms with Crippen molar-refractivity contribution in [3.8, 4) is 5.75 Å². The van der Waals surface area contributed by atoms with Crippen molar-refractivity contribution < 1.29 is 13.5 Å². The van der Waals surface area contributed by atoms with Crippen LogP contribution in [0.4, 0.5) is 14.5 Å². The van der Waals surface area contributed by atoms with Crippen molar-refractivity contribution in [3.05, 3.63) is 65.2 Å². The van der Waals surface area contributed by atoms with Gasteiger partial charge in [0.15, 0.2) is 5.96 Å². The van der Waals surface area contributed by atoms with E-state index in [1.54, 1.807) is 18.2 Å². The van der Waals surface area contributed by atoms with Crippen LogP contribution >= 0.6 is 0 Å². The Morgan fingerprint density at radius 2 is 1.92 bits per heavy atom. The van der Waals surface area contributed by atoms with E-state index < -0.39 is 11.6 Å². The number of guanidine groups is 1. The van der Waals surface area contributed by atoms with Crippen molar-refractivity contribution >= 4 is 23.1 Å². The predicted molar refractivity (Wildman–Crippen MR) is 93.2 cm³/mol. The fourth-order valence-corrected chi connectivity index (χ4v) is 2.60. The van der Waals surface area contributed by atoms with Crippen LogP contribution in [0.1, 0.15) is 11.1 Å². The fourth-order valence-electron chi connectivity index (χ4n) is 2.60. The molecule has 5 nitrogen and oxygen atoms in total. The van der Waals surface area contributed by atoms with Crippen LogP contribution in [-0.4, -0.2) is 18.8 Å². The number of fused-ring (bicyclic) bond motifs is 1. The molecule has 3 rings (SSSR count). The average molecular weight is 342 g/mol. The van der Waals surface area contributed by atoms with E-state index >= 15 is 0 Å². The second-order valence-electron chi connectivity index (χ2n) is 5.44. The second-order valence-corrected chi connectivity index (χ2v) is 5.44. The topological polar surface area (TPSA) is 83.5 Å². The van der Waals surface area contributed by atoms with Gasteiger partial charge in [-0.25, -0.2) is 13.8 Å². The summed E-state index contributed by atoms with van der Waals surface area (Å²) in [5.74, 6) is -0.668. The lowest BCUT2D eigenvalue weighted by molar-refractivity contribution is 0.416. The molecule has 0 saturated heterocycles. The molecule has 1 aliphatic rings. The van der Waals surface area contributed by atoms with Gasteiger partial charge in [0.2, 0.25) is 0 Å². The summed E-state index contributed by atoms with van der Waals surface area (Å²) in [5.41, 5.74) is 7.41. The first-order chi connectivity index (χ1) is 12.0. The molecule has 4 N–H and O–H groups in total. The molecule has 0 unspecified atom stereocenters. The van der Waals surface area contributed by atoms with Crippen molar-refractivity contribution in [3.63, 3.8) is 0 Å². The smallest absolute Gasteiger partial charge is 0.198 e. The van der Waals surface area contributed by atoms with Crippen LogP contribution in [0.5, 0.6) is 5.75 Å². The van der Waals surface area contributed by atoms with Crippen LogP contribution in [0, 0.1) is 17.0 Å². The van der Waals surface area contributed by atoms with Gasteiger partial charge >= 0.3 is 0 Å². The lowest BCUT2D eigenvalue weighted by Crippen LogP contribution is -2.32. The Morgan fingerprint density at radius 1 is 1.24 bits per heavy atom. The summed E-state index contributed by atoms with van der Waals surface area (Å²) >= 11 is 0. The molecule has 128 valence electrons. The zero-order valence-corrected chi connectivity index (χ0v) is 13.4. The minimum Gasteiger partial charge on any atom is -0.494 e. The van der Waals surface area contributed by atoms with Gasteiger partial charge < -0.3 is 21.2 Å². The number of halogens is 2. The maximum absolute atomic E-state index is 13.8.